The normalized spacial score (nSPS) is 19.1. The molecule has 1 aliphatic carbocycles. The van der Waals surface area contributed by atoms with Crippen molar-refractivity contribution in [2.24, 2.45) is 18.8 Å². The first-order valence-electron chi connectivity index (χ1n) is 6.22. The van der Waals surface area contributed by atoms with E-state index in [-0.39, 0.29) is 0 Å². The van der Waals surface area contributed by atoms with Crippen molar-refractivity contribution in [2.75, 3.05) is 0 Å². The second-order valence-electron chi connectivity index (χ2n) is 4.91. The van der Waals surface area contributed by atoms with Crippen LogP contribution in [0.3, 0.4) is 0 Å². The summed E-state index contributed by atoms with van der Waals surface area (Å²) in [6, 6.07) is 0.365. The molecule has 1 unspecified atom stereocenters. The highest BCUT2D eigenvalue weighted by Gasteiger charge is 2.20. The molecule has 3 N–H and O–H groups in total. The van der Waals surface area contributed by atoms with Gasteiger partial charge in [-0.05, 0) is 12.3 Å². The van der Waals surface area contributed by atoms with E-state index < -0.39 is 0 Å². The van der Waals surface area contributed by atoms with E-state index >= 15 is 0 Å². The molecule has 1 aromatic rings. The Bertz CT molecular complexity index is 315. The van der Waals surface area contributed by atoms with E-state index in [1.165, 1.54) is 32.1 Å². The number of aryl methyl sites for hydroxylation is 1. The van der Waals surface area contributed by atoms with E-state index in [4.69, 9.17) is 5.84 Å². The molecule has 0 bridgehead atoms. The van der Waals surface area contributed by atoms with Crippen LogP contribution in [-0.2, 0) is 13.5 Å². The molecule has 1 fully saturated rings. The summed E-state index contributed by atoms with van der Waals surface area (Å²) in [5, 5.41) is 0. The molecule has 0 amide bonds. The third-order valence-electron chi connectivity index (χ3n) is 3.68. The number of hydrazine groups is 1. The molecular formula is C12H22N4. The topological polar surface area (TPSA) is 55.9 Å². The van der Waals surface area contributed by atoms with Crippen LogP contribution in [0.25, 0.3) is 0 Å². The van der Waals surface area contributed by atoms with Crippen LogP contribution in [0, 0.1) is 5.92 Å². The average Bonchev–Trinajstić information content (AvgIpc) is 2.90. The molecule has 1 aromatic heterocycles. The molecular weight excluding hydrogens is 200 g/mol. The van der Waals surface area contributed by atoms with Gasteiger partial charge in [0.2, 0.25) is 0 Å². The summed E-state index contributed by atoms with van der Waals surface area (Å²) in [5.74, 6) is 7.60. The molecule has 0 spiro atoms. The Morgan fingerprint density at radius 2 is 2.31 bits per heavy atom. The molecule has 90 valence electrons. The van der Waals surface area contributed by atoms with Crippen LogP contribution in [0.15, 0.2) is 12.4 Å². The Hall–Kier alpha value is -0.870. The van der Waals surface area contributed by atoms with Gasteiger partial charge < -0.3 is 4.57 Å². The number of nitrogens with zero attached hydrogens (tertiary/aromatic N) is 2. The fourth-order valence-electron chi connectivity index (χ4n) is 2.67. The second-order valence-corrected chi connectivity index (χ2v) is 4.91. The van der Waals surface area contributed by atoms with Gasteiger partial charge in [-0.1, -0.05) is 25.7 Å². The van der Waals surface area contributed by atoms with Crippen molar-refractivity contribution in [3.8, 4) is 0 Å². The summed E-state index contributed by atoms with van der Waals surface area (Å²) in [6.07, 6.45) is 11.5. The van der Waals surface area contributed by atoms with Crippen molar-refractivity contribution in [3.63, 3.8) is 0 Å². The van der Waals surface area contributed by atoms with E-state index in [9.17, 15) is 0 Å². The van der Waals surface area contributed by atoms with Gasteiger partial charge in [0.15, 0.2) is 0 Å². The zero-order valence-corrected chi connectivity index (χ0v) is 10.0. The fourth-order valence-corrected chi connectivity index (χ4v) is 2.67. The van der Waals surface area contributed by atoms with Gasteiger partial charge >= 0.3 is 0 Å². The van der Waals surface area contributed by atoms with Gasteiger partial charge in [0.25, 0.3) is 0 Å². The lowest BCUT2D eigenvalue weighted by atomic mass is 9.97. The lowest BCUT2D eigenvalue weighted by Crippen LogP contribution is -2.38. The van der Waals surface area contributed by atoms with Crippen LogP contribution in [-0.4, -0.2) is 15.6 Å². The van der Waals surface area contributed by atoms with E-state index in [0.29, 0.717) is 6.04 Å². The Kier molecular flexibility index (Phi) is 3.96. The number of nitrogens with one attached hydrogen (secondary N) is 1. The predicted molar refractivity (Wildman–Crippen MR) is 64.6 cm³/mol. The highest BCUT2D eigenvalue weighted by Crippen LogP contribution is 2.28. The van der Waals surface area contributed by atoms with Gasteiger partial charge in [0, 0.05) is 31.9 Å². The molecule has 0 saturated heterocycles. The van der Waals surface area contributed by atoms with E-state index in [2.05, 4.69) is 15.0 Å². The summed E-state index contributed by atoms with van der Waals surface area (Å²) in [4.78, 5) is 4.35. The van der Waals surface area contributed by atoms with Crippen LogP contribution in [0.2, 0.25) is 0 Å². The first-order chi connectivity index (χ1) is 7.79. The molecule has 0 aliphatic heterocycles. The van der Waals surface area contributed by atoms with Crippen molar-refractivity contribution in [1.82, 2.24) is 15.0 Å². The van der Waals surface area contributed by atoms with Crippen LogP contribution in [0.1, 0.15) is 37.9 Å². The number of rotatable bonds is 5. The maximum absolute atomic E-state index is 5.63. The molecule has 0 radical (unpaired) electrons. The monoisotopic (exact) mass is 222 g/mol. The van der Waals surface area contributed by atoms with Crippen molar-refractivity contribution in [1.29, 1.82) is 0 Å². The van der Waals surface area contributed by atoms with Gasteiger partial charge in [0.1, 0.15) is 5.82 Å². The average molecular weight is 222 g/mol. The summed E-state index contributed by atoms with van der Waals surface area (Å²) < 4.78 is 2.07. The number of imidazole rings is 1. The molecule has 16 heavy (non-hydrogen) atoms. The van der Waals surface area contributed by atoms with E-state index in [0.717, 1.165) is 18.2 Å². The summed E-state index contributed by atoms with van der Waals surface area (Å²) in [7, 11) is 2.03. The second kappa shape index (κ2) is 5.46. The van der Waals surface area contributed by atoms with E-state index in [1.807, 2.05) is 19.4 Å². The van der Waals surface area contributed by atoms with Crippen molar-refractivity contribution < 1.29 is 0 Å². The maximum Gasteiger partial charge on any atom is 0.109 e. The Morgan fingerprint density at radius 3 is 2.88 bits per heavy atom. The molecule has 4 heteroatoms. The Balaban J connectivity index is 1.87. The molecule has 1 atom stereocenters. The minimum Gasteiger partial charge on any atom is -0.338 e. The molecule has 0 aromatic carbocycles. The zero-order chi connectivity index (χ0) is 11.4. The van der Waals surface area contributed by atoms with Gasteiger partial charge in [0.05, 0.1) is 0 Å². The summed E-state index contributed by atoms with van der Waals surface area (Å²) in [6.45, 7) is 0. The number of hydrogen-bond acceptors (Lipinski definition) is 3. The van der Waals surface area contributed by atoms with Crippen molar-refractivity contribution in [2.45, 2.75) is 44.6 Å². The summed E-state index contributed by atoms with van der Waals surface area (Å²) in [5.41, 5.74) is 2.94. The largest absolute Gasteiger partial charge is 0.338 e. The van der Waals surface area contributed by atoms with Gasteiger partial charge in [-0.2, -0.15) is 0 Å². The lowest BCUT2D eigenvalue weighted by molar-refractivity contribution is 0.383. The van der Waals surface area contributed by atoms with Crippen LogP contribution < -0.4 is 11.3 Å². The molecule has 1 heterocycles. The first-order valence-corrected chi connectivity index (χ1v) is 6.22. The lowest BCUT2D eigenvalue weighted by Gasteiger charge is -2.19. The first kappa shape index (κ1) is 11.6. The smallest absolute Gasteiger partial charge is 0.109 e. The zero-order valence-electron chi connectivity index (χ0n) is 10.0. The molecule has 4 nitrogen and oxygen atoms in total. The summed E-state index contributed by atoms with van der Waals surface area (Å²) >= 11 is 0. The Morgan fingerprint density at radius 1 is 1.56 bits per heavy atom. The molecule has 1 aliphatic rings. The van der Waals surface area contributed by atoms with Crippen LogP contribution in [0.5, 0.6) is 0 Å². The minimum absolute atomic E-state index is 0.365. The van der Waals surface area contributed by atoms with Crippen LogP contribution >= 0.6 is 0 Å². The molecule has 1 saturated carbocycles. The standard InChI is InChI=1S/C12H22N4/c1-16-7-6-14-12(16)9-11(15-13)8-10-4-2-3-5-10/h6-7,10-11,15H,2-5,8-9,13H2,1H3. The highest BCUT2D eigenvalue weighted by molar-refractivity contribution is 4.94. The predicted octanol–water partition coefficient (Wildman–Crippen LogP) is 1.37. The molecule has 2 rings (SSSR count). The van der Waals surface area contributed by atoms with Gasteiger partial charge in [-0.3, -0.25) is 11.3 Å². The quantitative estimate of drug-likeness (QED) is 0.584. The van der Waals surface area contributed by atoms with Crippen molar-refractivity contribution >= 4 is 0 Å². The van der Waals surface area contributed by atoms with Crippen LogP contribution in [0.4, 0.5) is 0 Å². The van der Waals surface area contributed by atoms with E-state index in [1.54, 1.807) is 0 Å². The number of hydrogen-bond donors (Lipinski definition) is 2. The highest BCUT2D eigenvalue weighted by atomic mass is 15.2. The third-order valence-corrected chi connectivity index (χ3v) is 3.68. The van der Waals surface area contributed by atoms with Crippen molar-refractivity contribution in [3.05, 3.63) is 18.2 Å². The maximum atomic E-state index is 5.63. The van der Waals surface area contributed by atoms with Gasteiger partial charge in [-0.15, -0.1) is 0 Å². The number of aromatic nitrogens is 2. The number of nitrogens with two attached hydrogens (primary N) is 1. The minimum atomic E-state index is 0.365. The SMILES string of the molecule is Cn1ccnc1CC(CC1CCCC1)NN. The third kappa shape index (κ3) is 2.83. The Labute approximate surface area is 97.2 Å². The fraction of sp³-hybridized carbons (Fsp3) is 0.750. The van der Waals surface area contributed by atoms with Gasteiger partial charge in [-0.25, -0.2) is 4.98 Å².